The van der Waals surface area contributed by atoms with Crippen molar-refractivity contribution in [2.24, 2.45) is 5.41 Å². The van der Waals surface area contributed by atoms with Crippen LogP contribution in [0.3, 0.4) is 0 Å². The van der Waals surface area contributed by atoms with Crippen LogP contribution in [0.25, 0.3) is 0 Å². The summed E-state index contributed by atoms with van der Waals surface area (Å²) in [6.07, 6.45) is -3.48. The molecule has 4 nitrogen and oxygen atoms in total. The minimum atomic E-state index is -4.62. The zero-order valence-electron chi connectivity index (χ0n) is 9.22. The number of carbonyl (C=O) groups is 1. The van der Waals surface area contributed by atoms with E-state index < -0.39 is 28.7 Å². The number of rotatable bonds is 2. The van der Waals surface area contributed by atoms with Gasteiger partial charge in [-0.3, -0.25) is 9.89 Å². The fourth-order valence-electron chi connectivity index (χ4n) is 2.38. The van der Waals surface area contributed by atoms with E-state index >= 15 is 0 Å². The standard InChI is InChI=1S/C10H11F3N2O2/c1-8(2)4-9(8,7(16)17)5-3-14-15-6(5)10(11,12)13/h3H,4H2,1-2H3,(H,14,15)(H,16,17). The lowest BCUT2D eigenvalue weighted by Crippen LogP contribution is -2.28. The summed E-state index contributed by atoms with van der Waals surface area (Å²) < 4.78 is 38.1. The Hall–Kier alpha value is -1.53. The van der Waals surface area contributed by atoms with Crippen molar-refractivity contribution < 1.29 is 23.1 Å². The number of aromatic amines is 1. The zero-order chi connectivity index (χ0) is 13.1. The van der Waals surface area contributed by atoms with E-state index in [1.165, 1.54) is 0 Å². The molecule has 0 bridgehead atoms. The quantitative estimate of drug-likeness (QED) is 0.843. The molecule has 0 aliphatic heterocycles. The van der Waals surface area contributed by atoms with Crippen molar-refractivity contribution in [1.29, 1.82) is 0 Å². The molecule has 1 aromatic heterocycles. The molecular formula is C10H11F3N2O2. The van der Waals surface area contributed by atoms with Crippen molar-refractivity contribution in [3.05, 3.63) is 17.5 Å². The second-order valence-electron chi connectivity index (χ2n) is 4.93. The van der Waals surface area contributed by atoms with Crippen LogP contribution in [-0.2, 0) is 16.4 Å². The lowest BCUT2D eigenvalue weighted by molar-refractivity contribution is -0.145. The lowest BCUT2D eigenvalue weighted by Gasteiger charge is -2.16. The third-order valence-corrected chi connectivity index (χ3v) is 3.49. The number of H-pyrrole nitrogens is 1. The fraction of sp³-hybridized carbons (Fsp3) is 0.600. The first-order valence-corrected chi connectivity index (χ1v) is 4.97. The van der Waals surface area contributed by atoms with E-state index in [9.17, 15) is 23.1 Å². The second-order valence-corrected chi connectivity index (χ2v) is 4.93. The Morgan fingerprint density at radius 1 is 1.53 bits per heavy atom. The van der Waals surface area contributed by atoms with E-state index in [0.717, 1.165) is 6.20 Å². The molecule has 2 rings (SSSR count). The first-order valence-electron chi connectivity index (χ1n) is 4.97. The first-order chi connectivity index (χ1) is 7.63. The largest absolute Gasteiger partial charge is 0.481 e. The number of hydrogen-bond acceptors (Lipinski definition) is 2. The molecule has 0 aromatic carbocycles. The van der Waals surface area contributed by atoms with Crippen molar-refractivity contribution in [2.45, 2.75) is 31.9 Å². The van der Waals surface area contributed by atoms with E-state index in [1.807, 2.05) is 5.10 Å². The number of halogens is 3. The summed E-state index contributed by atoms with van der Waals surface area (Å²) in [5.41, 5.74) is -3.51. The van der Waals surface area contributed by atoms with Crippen LogP contribution in [-0.4, -0.2) is 21.3 Å². The highest BCUT2D eigenvalue weighted by Gasteiger charge is 2.70. The maximum absolute atomic E-state index is 12.7. The van der Waals surface area contributed by atoms with Gasteiger partial charge < -0.3 is 5.11 Å². The normalized spacial score (nSPS) is 26.9. The molecular weight excluding hydrogens is 237 g/mol. The summed E-state index contributed by atoms with van der Waals surface area (Å²) >= 11 is 0. The maximum Gasteiger partial charge on any atom is 0.433 e. The highest BCUT2D eigenvalue weighted by Crippen LogP contribution is 2.65. The van der Waals surface area contributed by atoms with Gasteiger partial charge in [0.05, 0.1) is 6.20 Å². The number of hydrogen-bond donors (Lipinski definition) is 2. The maximum atomic E-state index is 12.7. The van der Waals surface area contributed by atoms with Gasteiger partial charge >= 0.3 is 12.1 Å². The molecule has 94 valence electrons. The van der Waals surface area contributed by atoms with Gasteiger partial charge in [0.15, 0.2) is 0 Å². The number of aromatic nitrogens is 2. The van der Waals surface area contributed by atoms with Crippen LogP contribution in [0.5, 0.6) is 0 Å². The summed E-state index contributed by atoms with van der Waals surface area (Å²) in [7, 11) is 0. The van der Waals surface area contributed by atoms with Gasteiger partial charge in [-0.1, -0.05) is 13.8 Å². The molecule has 0 spiro atoms. The van der Waals surface area contributed by atoms with Crippen molar-refractivity contribution in [1.82, 2.24) is 10.2 Å². The fourth-order valence-corrected chi connectivity index (χ4v) is 2.38. The molecule has 17 heavy (non-hydrogen) atoms. The van der Waals surface area contributed by atoms with Crippen LogP contribution < -0.4 is 0 Å². The highest BCUT2D eigenvalue weighted by atomic mass is 19.4. The van der Waals surface area contributed by atoms with E-state index in [1.54, 1.807) is 13.8 Å². The number of aliphatic carboxylic acids is 1. The van der Waals surface area contributed by atoms with E-state index in [4.69, 9.17) is 0 Å². The third-order valence-electron chi connectivity index (χ3n) is 3.49. The SMILES string of the molecule is CC1(C)CC1(C(=O)O)c1cn[nH]c1C(F)(F)F. The average Bonchev–Trinajstić information content (AvgIpc) is 2.60. The summed E-state index contributed by atoms with van der Waals surface area (Å²) in [4.78, 5) is 11.3. The molecule has 0 amide bonds. The first kappa shape index (κ1) is 11.9. The Morgan fingerprint density at radius 2 is 2.06 bits per heavy atom. The molecule has 1 aliphatic carbocycles. The number of nitrogens with one attached hydrogen (secondary N) is 1. The molecule has 2 N–H and O–H groups in total. The van der Waals surface area contributed by atoms with Crippen LogP contribution in [0, 0.1) is 5.41 Å². The minimum Gasteiger partial charge on any atom is -0.481 e. The van der Waals surface area contributed by atoms with Gasteiger partial charge in [-0.15, -0.1) is 0 Å². The van der Waals surface area contributed by atoms with Crippen molar-refractivity contribution in [2.75, 3.05) is 0 Å². The highest BCUT2D eigenvalue weighted by molar-refractivity contribution is 5.87. The van der Waals surface area contributed by atoms with Crippen LogP contribution in [0.15, 0.2) is 6.20 Å². The van der Waals surface area contributed by atoms with Gasteiger partial charge in [-0.25, -0.2) is 0 Å². The Morgan fingerprint density at radius 3 is 2.41 bits per heavy atom. The van der Waals surface area contributed by atoms with Crippen LogP contribution in [0.2, 0.25) is 0 Å². The van der Waals surface area contributed by atoms with Gasteiger partial charge in [-0.2, -0.15) is 18.3 Å². The molecule has 1 unspecified atom stereocenters. The molecule has 0 radical (unpaired) electrons. The Kier molecular flexibility index (Phi) is 2.12. The van der Waals surface area contributed by atoms with Gasteiger partial charge in [0.1, 0.15) is 11.1 Å². The Balaban J connectivity index is 2.56. The predicted octanol–water partition coefficient (Wildman–Crippen LogP) is 2.18. The number of alkyl halides is 3. The molecule has 0 saturated heterocycles. The monoisotopic (exact) mass is 248 g/mol. The van der Waals surface area contributed by atoms with E-state index in [2.05, 4.69) is 5.10 Å². The van der Waals surface area contributed by atoms with Crippen molar-refractivity contribution in [3.8, 4) is 0 Å². The van der Waals surface area contributed by atoms with Crippen molar-refractivity contribution >= 4 is 5.97 Å². The van der Waals surface area contributed by atoms with Crippen LogP contribution >= 0.6 is 0 Å². The Labute approximate surface area is 94.8 Å². The summed E-state index contributed by atoms with van der Waals surface area (Å²) in [6, 6.07) is 0. The number of carboxylic acid groups (broad SMARTS) is 1. The summed E-state index contributed by atoms with van der Waals surface area (Å²) in [5.74, 6) is -1.24. The van der Waals surface area contributed by atoms with Crippen LogP contribution in [0.1, 0.15) is 31.5 Å². The third kappa shape index (κ3) is 1.44. The Bertz CT molecular complexity index is 478. The smallest absolute Gasteiger partial charge is 0.433 e. The van der Waals surface area contributed by atoms with Gasteiger partial charge in [0.2, 0.25) is 0 Å². The minimum absolute atomic E-state index is 0.179. The zero-order valence-corrected chi connectivity index (χ0v) is 9.22. The molecule has 1 atom stereocenters. The molecule has 1 saturated carbocycles. The van der Waals surface area contributed by atoms with Crippen LogP contribution in [0.4, 0.5) is 13.2 Å². The van der Waals surface area contributed by atoms with Gasteiger partial charge in [-0.05, 0) is 11.8 Å². The van der Waals surface area contributed by atoms with E-state index in [-0.39, 0.29) is 12.0 Å². The van der Waals surface area contributed by atoms with Gasteiger partial charge in [0, 0.05) is 5.56 Å². The molecule has 7 heteroatoms. The number of nitrogens with zero attached hydrogens (tertiary/aromatic N) is 1. The second kappa shape index (κ2) is 3.02. The molecule has 1 aromatic rings. The average molecular weight is 248 g/mol. The summed E-state index contributed by atoms with van der Waals surface area (Å²) in [5, 5.41) is 14.4. The van der Waals surface area contributed by atoms with E-state index in [0.29, 0.717) is 0 Å². The molecule has 1 aliphatic rings. The van der Waals surface area contributed by atoms with Gasteiger partial charge in [0.25, 0.3) is 0 Å². The predicted molar refractivity (Wildman–Crippen MR) is 51.3 cm³/mol. The lowest BCUT2D eigenvalue weighted by atomic mass is 9.88. The number of carboxylic acids is 1. The summed E-state index contributed by atoms with van der Waals surface area (Å²) in [6.45, 7) is 3.27. The molecule has 1 heterocycles. The van der Waals surface area contributed by atoms with Crippen molar-refractivity contribution in [3.63, 3.8) is 0 Å². The topological polar surface area (TPSA) is 66.0 Å². The molecule has 1 fully saturated rings.